The fraction of sp³-hybridized carbons (Fsp3) is 0.286. The number of hydrogen-bond acceptors (Lipinski definition) is 4. The molecule has 0 saturated carbocycles. The van der Waals surface area contributed by atoms with Crippen molar-refractivity contribution in [3.8, 4) is 0 Å². The predicted molar refractivity (Wildman–Crippen MR) is 75.7 cm³/mol. The van der Waals surface area contributed by atoms with Crippen LogP contribution in [0.3, 0.4) is 0 Å². The Kier molecular flexibility index (Phi) is 4.65. The molecule has 5 heteroatoms. The summed E-state index contributed by atoms with van der Waals surface area (Å²) < 4.78 is 0. The van der Waals surface area contributed by atoms with E-state index in [9.17, 15) is 4.79 Å². The van der Waals surface area contributed by atoms with Crippen molar-refractivity contribution < 1.29 is 9.90 Å². The molecule has 0 radical (unpaired) electrons. The highest BCUT2D eigenvalue weighted by Gasteiger charge is 2.10. The normalized spacial score (nSPS) is 10.6. The van der Waals surface area contributed by atoms with Gasteiger partial charge < -0.3 is 10.4 Å². The van der Waals surface area contributed by atoms with Gasteiger partial charge >= 0.3 is 5.97 Å². The maximum absolute atomic E-state index is 10.9. The van der Waals surface area contributed by atoms with Crippen molar-refractivity contribution in [3.63, 3.8) is 0 Å². The van der Waals surface area contributed by atoms with E-state index >= 15 is 0 Å². The third-order valence-corrected chi connectivity index (χ3v) is 3.94. The molecule has 2 aromatic rings. The number of carboxylic acids is 1. The maximum Gasteiger partial charge on any atom is 0.345 e. The van der Waals surface area contributed by atoms with Crippen molar-refractivity contribution in [1.29, 1.82) is 0 Å². The molecule has 19 heavy (non-hydrogen) atoms. The minimum Gasteiger partial charge on any atom is -0.477 e. The van der Waals surface area contributed by atoms with E-state index in [1.54, 1.807) is 12.3 Å². The van der Waals surface area contributed by atoms with Crippen LogP contribution in [0.2, 0.25) is 0 Å². The fourth-order valence-electron chi connectivity index (χ4n) is 1.80. The zero-order valence-corrected chi connectivity index (χ0v) is 11.5. The van der Waals surface area contributed by atoms with E-state index < -0.39 is 5.97 Å². The lowest BCUT2D eigenvalue weighted by Crippen LogP contribution is -2.16. The molecule has 4 nitrogen and oxygen atoms in total. The predicted octanol–water partition coefficient (Wildman–Crippen LogP) is 2.48. The largest absolute Gasteiger partial charge is 0.477 e. The van der Waals surface area contributed by atoms with E-state index in [0.717, 1.165) is 23.4 Å². The van der Waals surface area contributed by atoms with Gasteiger partial charge in [0.25, 0.3) is 0 Å². The minimum atomic E-state index is -0.852. The summed E-state index contributed by atoms with van der Waals surface area (Å²) >= 11 is 1.33. The van der Waals surface area contributed by atoms with Gasteiger partial charge in [0.1, 0.15) is 4.88 Å². The van der Waals surface area contributed by atoms with Gasteiger partial charge in [0.05, 0.1) is 0 Å². The summed E-state index contributed by atoms with van der Waals surface area (Å²) in [7, 11) is 0. The summed E-state index contributed by atoms with van der Waals surface area (Å²) in [4.78, 5) is 16.4. The highest BCUT2D eigenvalue weighted by atomic mass is 32.1. The van der Waals surface area contributed by atoms with Gasteiger partial charge in [0.15, 0.2) is 0 Å². The molecule has 2 rings (SSSR count). The van der Waals surface area contributed by atoms with Gasteiger partial charge in [0.2, 0.25) is 0 Å². The monoisotopic (exact) mass is 276 g/mol. The second-order valence-electron chi connectivity index (χ2n) is 4.29. The fourth-order valence-corrected chi connectivity index (χ4v) is 2.68. The first kappa shape index (κ1) is 13.7. The van der Waals surface area contributed by atoms with Crippen molar-refractivity contribution in [2.24, 2.45) is 0 Å². The van der Waals surface area contributed by atoms with Gasteiger partial charge in [-0.1, -0.05) is 6.07 Å². The Hall–Kier alpha value is -1.72. The molecule has 0 aliphatic carbocycles. The molecule has 0 aliphatic heterocycles. The third kappa shape index (κ3) is 3.87. The molecule has 0 spiro atoms. The van der Waals surface area contributed by atoms with Crippen LogP contribution in [-0.4, -0.2) is 22.6 Å². The molecule has 2 N–H and O–H groups in total. The number of carbonyl (C=O) groups is 1. The molecular formula is C14H16N2O2S. The first-order valence-electron chi connectivity index (χ1n) is 6.09. The van der Waals surface area contributed by atoms with Crippen LogP contribution in [0.5, 0.6) is 0 Å². The van der Waals surface area contributed by atoms with Crippen molar-refractivity contribution >= 4 is 17.3 Å². The average Bonchev–Trinajstić information content (AvgIpc) is 2.78. The van der Waals surface area contributed by atoms with Crippen LogP contribution >= 0.6 is 11.3 Å². The van der Waals surface area contributed by atoms with Crippen molar-refractivity contribution in [2.75, 3.05) is 6.54 Å². The summed E-state index contributed by atoms with van der Waals surface area (Å²) in [5.41, 5.74) is 2.26. The molecule has 100 valence electrons. The topological polar surface area (TPSA) is 62.2 Å². The molecule has 0 aliphatic rings. The van der Waals surface area contributed by atoms with E-state index in [1.807, 2.05) is 25.3 Å². The number of pyridine rings is 1. The Morgan fingerprint density at radius 1 is 1.53 bits per heavy atom. The summed E-state index contributed by atoms with van der Waals surface area (Å²) in [5.74, 6) is -0.852. The summed E-state index contributed by atoms with van der Waals surface area (Å²) in [5, 5.41) is 12.3. The standard InChI is InChI=1S/C14H16N2O2S/c1-10-12(7-13(19-10)14(17)18)9-16-6-4-11-3-2-5-15-8-11/h2-3,5,7-8,16H,4,6,9H2,1H3,(H,17,18). The molecule has 0 bridgehead atoms. The van der Waals surface area contributed by atoms with Crippen LogP contribution in [0.1, 0.15) is 25.7 Å². The maximum atomic E-state index is 10.9. The van der Waals surface area contributed by atoms with Crippen molar-refractivity contribution in [1.82, 2.24) is 10.3 Å². The highest BCUT2D eigenvalue weighted by molar-refractivity contribution is 7.14. The number of aromatic carboxylic acids is 1. The zero-order valence-electron chi connectivity index (χ0n) is 10.7. The highest BCUT2D eigenvalue weighted by Crippen LogP contribution is 2.21. The van der Waals surface area contributed by atoms with Crippen LogP contribution in [0.4, 0.5) is 0 Å². The Labute approximate surface area is 116 Å². The van der Waals surface area contributed by atoms with Crippen LogP contribution in [0, 0.1) is 6.92 Å². The summed E-state index contributed by atoms with van der Waals surface area (Å²) in [6.07, 6.45) is 4.54. The molecule has 2 heterocycles. The quantitative estimate of drug-likeness (QED) is 0.796. The smallest absolute Gasteiger partial charge is 0.345 e. The SMILES string of the molecule is Cc1sc(C(=O)O)cc1CNCCc1cccnc1. The van der Waals surface area contributed by atoms with Crippen LogP contribution < -0.4 is 5.32 Å². The Bertz CT molecular complexity index is 552. The lowest BCUT2D eigenvalue weighted by atomic mass is 10.2. The Balaban J connectivity index is 1.81. The number of rotatable bonds is 6. The molecule has 2 aromatic heterocycles. The lowest BCUT2D eigenvalue weighted by Gasteiger charge is -2.04. The number of carboxylic acid groups (broad SMARTS) is 1. The van der Waals surface area contributed by atoms with Gasteiger partial charge in [-0.05, 0) is 43.1 Å². The second-order valence-corrected chi connectivity index (χ2v) is 5.54. The van der Waals surface area contributed by atoms with E-state index in [2.05, 4.69) is 10.3 Å². The van der Waals surface area contributed by atoms with Gasteiger partial charge in [-0.15, -0.1) is 11.3 Å². The van der Waals surface area contributed by atoms with E-state index in [-0.39, 0.29) is 0 Å². The number of hydrogen-bond donors (Lipinski definition) is 2. The molecule has 0 unspecified atom stereocenters. The van der Waals surface area contributed by atoms with E-state index in [0.29, 0.717) is 11.4 Å². The molecule has 0 aromatic carbocycles. The van der Waals surface area contributed by atoms with Gasteiger partial charge in [-0.2, -0.15) is 0 Å². The van der Waals surface area contributed by atoms with Gasteiger partial charge in [-0.3, -0.25) is 4.98 Å². The lowest BCUT2D eigenvalue weighted by molar-refractivity contribution is 0.0702. The first-order chi connectivity index (χ1) is 9.16. The van der Waals surface area contributed by atoms with E-state index in [4.69, 9.17) is 5.11 Å². The number of aryl methyl sites for hydroxylation is 1. The van der Waals surface area contributed by atoms with Crippen LogP contribution in [0.15, 0.2) is 30.6 Å². The Morgan fingerprint density at radius 2 is 2.37 bits per heavy atom. The molecular weight excluding hydrogens is 260 g/mol. The Morgan fingerprint density at radius 3 is 3.00 bits per heavy atom. The van der Waals surface area contributed by atoms with Gasteiger partial charge in [0, 0.05) is 23.8 Å². The molecule has 0 saturated heterocycles. The average molecular weight is 276 g/mol. The second kappa shape index (κ2) is 6.45. The summed E-state index contributed by atoms with van der Waals surface area (Å²) in [6, 6.07) is 5.73. The third-order valence-electron chi connectivity index (χ3n) is 2.86. The number of nitrogens with zero attached hydrogens (tertiary/aromatic N) is 1. The first-order valence-corrected chi connectivity index (χ1v) is 6.90. The molecule has 0 amide bonds. The molecule has 0 atom stereocenters. The number of aromatic nitrogens is 1. The number of nitrogens with one attached hydrogen (secondary N) is 1. The zero-order chi connectivity index (χ0) is 13.7. The van der Waals surface area contributed by atoms with Crippen LogP contribution in [-0.2, 0) is 13.0 Å². The van der Waals surface area contributed by atoms with Crippen molar-refractivity contribution in [2.45, 2.75) is 19.9 Å². The minimum absolute atomic E-state index is 0.404. The van der Waals surface area contributed by atoms with Crippen LogP contribution in [0.25, 0.3) is 0 Å². The van der Waals surface area contributed by atoms with Crippen molar-refractivity contribution in [3.05, 3.63) is 51.5 Å². The molecule has 0 fully saturated rings. The summed E-state index contributed by atoms with van der Waals surface area (Å²) in [6.45, 7) is 3.51. The number of thiophene rings is 1. The van der Waals surface area contributed by atoms with Gasteiger partial charge in [-0.25, -0.2) is 4.79 Å². The van der Waals surface area contributed by atoms with E-state index in [1.165, 1.54) is 16.9 Å².